The van der Waals surface area contributed by atoms with E-state index < -0.39 is 0 Å². The fourth-order valence-electron chi connectivity index (χ4n) is 3.67. The van der Waals surface area contributed by atoms with E-state index in [-0.39, 0.29) is 0 Å². The molecule has 24 heavy (non-hydrogen) atoms. The Labute approximate surface area is 140 Å². The van der Waals surface area contributed by atoms with Crippen molar-refractivity contribution in [3.63, 3.8) is 0 Å². The Bertz CT molecular complexity index is 1200. The van der Waals surface area contributed by atoms with Gasteiger partial charge in [-0.05, 0) is 17.9 Å². The van der Waals surface area contributed by atoms with Gasteiger partial charge in [-0.15, -0.1) is 0 Å². The van der Waals surface area contributed by atoms with Gasteiger partial charge >= 0.3 is 0 Å². The lowest BCUT2D eigenvalue weighted by atomic mass is 9.98. The van der Waals surface area contributed by atoms with Crippen LogP contribution in [-0.4, -0.2) is 9.38 Å². The number of nitrogens with zero attached hydrogens (tertiary/aromatic N) is 2. The highest BCUT2D eigenvalue weighted by Gasteiger charge is 2.14. The molecule has 2 heteroatoms. The van der Waals surface area contributed by atoms with Crippen LogP contribution >= 0.6 is 0 Å². The molecule has 2 heterocycles. The second-order valence-corrected chi connectivity index (χ2v) is 6.17. The number of hydrogen-bond acceptors (Lipinski definition) is 1. The molecule has 0 spiro atoms. The van der Waals surface area contributed by atoms with Crippen LogP contribution in [0, 0.1) is 6.92 Å². The van der Waals surface area contributed by atoms with Crippen molar-refractivity contribution in [2.24, 2.45) is 0 Å². The van der Waals surface area contributed by atoms with Crippen molar-refractivity contribution in [3.8, 4) is 11.1 Å². The molecule has 0 fully saturated rings. The molecule has 3 aromatic carbocycles. The molecule has 2 aromatic heterocycles. The largest absolute Gasteiger partial charge is 0.296 e. The van der Waals surface area contributed by atoms with Gasteiger partial charge < -0.3 is 0 Å². The Morgan fingerprint density at radius 2 is 1.42 bits per heavy atom. The number of hydrogen-bond donors (Lipinski definition) is 0. The number of rotatable bonds is 1. The molecule has 0 aliphatic rings. The normalized spacial score (nSPS) is 11.5. The third-order valence-corrected chi connectivity index (χ3v) is 4.74. The van der Waals surface area contributed by atoms with E-state index in [2.05, 4.69) is 84.1 Å². The Morgan fingerprint density at radius 1 is 0.708 bits per heavy atom. The molecular formula is C22H16N2. The summed E-state index contributed by atoms with van der Waals surface area (Å²) in [5, 5.41) is 3.72. The molecule has 0 bridgehead atoms. The number of aromatic nitrogens is 2. The summed E-state index contributed by atoms with van der Waals surface area (Å²) in [5.74, 6) is 0. The van der Waals surface area contributed by atoms with Crippen molar-refractivity contribution in [3.05, 3.63) is 84.7 Å². The van der Waals surface area contributed by atoms with Gasteiger partial charge in [0.25, 0.3) is 0 Å². The van der Waals surface area contributed by atoms with Gasteiger partial charge in [0, 0.05) is 28.2 Å². The first-order valence-electron chi connectivity index (χ1n) is 8.17. The van der Waals surface area contributed by atoms with Crippen LogP contribution in [0.1, 0.15) is 5.69 Å². The van der Waals surface area contributed by atoms with Gasteiger partial charge in [-0.3, -0.25) is 4.40 Å². The first-order valence-corrected chi connectivity index (χ1v) is 8.17. The Balaban J connectivity index is 2.10. The zero-order valence-electron chi connectivity index (χ0n) is 13.4. The van der Waals surface area contributed by atoms with Crippen molar-refractivity contribution in [1.29, 1.82) is 0 Å². The first-order chi connectivity index (χ1) is 11.8. The maximum Gasteiger partial charge on any atom is 0.145 e. The molecule has 0 aliphatic carbocycles. The van der Waals surface area contributed by atoms with E-state index in [0.717, 1.165) is 11.3 Å². The summed E-state index contributed by atoms with van der Waals surface area (Å²) in [7, 11) is 0. The van der Waals surface area contributed by atoms with Gasteiger partial charge in [-0.2, -0.15) is 0 Å². The number of imidazole rings is 1. The van der Waals surface area contributed by atoms with Crippen LogP contribution in [0.4, 0.5) is 0 Å². The molecule has 2 nitrogen and oxygen atoms in total. The van der Waals surface area contributed by atoms with Crippen molar-refractivity contribution < 1.29 is 0 Å². The molecular weight excluding hydrogens is 292 g/mol. The van der Waals surface area contributed by atoms with Crippen LogP contribution in [0.2, 0.25) is 0 Å². The van der Waals surface area contributed by atoms with Gasteiger partial charge in [0.1, 0.15) is 5.65 Å². The standard InChI is InChI=1S/C22H16N2/c1-15-14-23-22-20-11-6-5-10-18(20)19-13-7-12-17(21(19)24(15)22)16-8-3-2-4-9-16/h2-14H,1H3. The number of benzene rings is 3. The van der Waals surface area contributed by atoms with Crippen molar-refractivity contribution in [2.45, 2.75) is 6.92 Å². The van der Waals surface area contributed by atoms with Gasteiger partial charge in [-0.25, -0.2) is 4.98 Å². The third kappa shape index (κ3) is 1.74. The summed E-state index contributed by atoms with van der Waals surface area (Å²) in [5.41, 5.74) is 5.88. The average Bonchev–Trinajstić information content (AvgIpc) is 3.04. The second-order valence-electron chi connectivity index (χ2n) is 6.17. The second kappa shape index (κ2) is 4.93. The van der Waals surface area contributed by atoms with Crippen molar-refractivity contribution >= 4 is 27.3 Å². The molecule has 5 aromatic rings. The summed E-state index contributed by atoms with van der Waals surface area (Å²) in [6.45, 7) is 2.12. The summed E-state index contributed by atoms with van der Waals surface area (Å²) in [6.07, 6.45) is 1.96. The highest BCUT2D eigenvalue weighted by Crippen LogP contribution is 2.35. The smallest absolute Gasteiger partial charge is 0.145 e. The van der Waals surface area contributed by atoms with Gasteiger partial charge in [0.15, 0.2) is 0 Å². The molecule has 0 unspecified atom stereocenters. The average molecular weight is 308 g/mol. The number of aryl methyl sites for hydroxylation is 1. The fraction of sp³-hybridized carbons (Fsp3) is 0.0455. The van der Waals surface area contributed by atoms with E-state index in [1.807, 2.05) is 6.20 Å². The lowest BCUT2D eigenvalue weighted by Gasteiger charge is -2.13. The van der Waals surface area contributed by atoms with Crippen LogP contribution in [0.5, 0.6) is 0 Å². The van der Waals surface area contributed by atoms with Crippen LogP contribution in [0.25, 0.3) is 38.4 Å². The van der Waals surface area contributed by atoms with Crippen LogP contribution in [-0.2, 0) is 0 Å². The Kier molecular flexibility index (Phi) is 2.74. The maximum atomic E-state index is 4.69. The van der Waals surface area contributed by atoms with Crippen LogP contribution < -0.4 is 0 Å². The highest BCUT2D eigenvalue weighted by atomic mass is 15.0. The van der Waals surface area contributed by atoms with E-state index >= 15 is 0 Å². The van der Waals surface area contributed by atoms with E-state index in [1.165, 1.54) is 32.8 Å². The number of fused-ring (bicyclic) bond motifs is 6. The molecule has 0 radical (unpaired) electrons. The predicted octanol–water partition coefficient (Wildman–Crippen LogP) is 5.62. The minimum absolute atomic E-state index is 1.03. The summed E-state index contributed by atoms with van der Waals surface area (Å²) in [4.78, 5) is 4.69. The summed E-state index contributed by atoms with van der Waals surface area (Å²) < 4.78 is 2.29. The summed E-state index contributed by atoms with van der Waals surface area (Å²) >= 11 is 0. The number of para-hydroxylation sites is 1. The zero-order valence-corrected chi connectivity index (χ0v) is 13.4. The quantitative estimate of drug-likeness (QED) is 0.368. The van der Waals surface area contributed by atoms with Crippen molar-refractivity contribution in [2.75, 3.05) is 0 Å². The van der Waals surface area contributed by atoms with Crippen LogP contribution in [0.15, 0.2) is 79.0 Å². The van der Waals surface area contributed by atoms with E-state index in [0.29, 0.717) is 0 Å². The molecule has 0 aliphatic heterocycles. The minimum Gasteiger partial charge on any atom is -0.296 e. The fourth-order valence-corrected chi connectivity index (χ4v) is 3.67. The Morgan fingerprint density at radius 3 is 2.25 bits per heavy atom. The predicted molar refractivity (Wildman–Crippen MR) is 100 cm³/mol. The maximum absolute atomic E-state index is 4.69. The van der Waals surface area contributed by atoms with Gasteiger partial charge in [-0.1, -0.05) is 72.8 Å². The Hall–Kier alpha value is -3.13. The molecule has 0 saturated heterocycles. The van der Waals surface area contributed by atoms with Crippen LogP contribution in [0.3, 0.4) is 0 Å². The van der Waals surface area contributed by atoms with E-state index in [4.69, 9.17) is 4.98 Å². The van der Waals surface area contributed by atoms with E-state index in [1.54, 1.807) is 0 Å². The molecule has 5 rings (SSSR count). The van der Waals surface area contributed by atoms with E-state index in [9.17, 15) is 0 Å². The molecule has 0 saturated carbocycles. The minimum atomic E-state index is 1.03. The van der Waals surface area contributed by atoms with Gasteiger partial charge in [0.2, 0.25) is 0 Å². The SMILES string of the molecule is Cc1cnc2c3ccccc3c3cccc(-c4ccccc4)c3n12. The highest BCUT2D eigenvalue weighted by molar-refractivity contribution is 6.15. The molecule has 114 valence electrons. The van der Waals surface area contributed by atoms with Gasteiger partial charge in [0.05, 0.1) is 5.52 Å². The molecule has 0 N–H and O–H groups in total. The lowest BCUT2D eigenvalue weighted by Crippen LogP contribution is -1.95. The monoisotopic (exact) mass is 308 g/mol. The lowest BCUT2D eigenvalue weighted by molar-refractivity contribution is 1.17. The molecule has 0 amide bonds. The molecule has 0 atom stereocenters. The zero-order chi connectivity index (χ0) is 16.1. The number of pyridine rings is 1. The first kappa shape index (κ1) is 13.3. The summed E-state index contributed by atoms with van der Waals surface area (Å²) in [6, 6.07) is 25.7. The topological polar surface area (TPSA) is 17.3 Å². The third-order valence-electron chi connectivity index (χ3n) is 4.74. The van der Waals surface area contributed by atoms with Crippen molar-refractivity contribution in [1.82, 2.24) is 9.38 Å².